The Morgan fingerprint density at radius 1 is 0.925 bits per heavy atom. The van der Waals surface area contributed by atoms with Crippen LogP contribution < -0.4 is 34.2 Å². The van der Waals surface area contributed by atoms with Crippen LogP contribution in [-0.4, -0.2) is 63.3 Å². The van der Waals surface area contributed by atoms with Crippen molar-refractivity contribution in [2.24, 2.45) is 5.92 Å². The van der Waals surface area contributed by atoms with Crippen LogP contribution in [0.1, 0.15) is 37.5 Å². The van der Waals surface area contributed by atoms with Crippen molar-refractivity contribution in [1.29, 1.82) is 5.26 Å². The molecule has 0 saturated carbocycles. The lowest BCUT2D eigenvalue weighted by atomic mass is 9.97. The van der Waals surface area contributed by atoms with E-state index in [-0.39, 0.29) is 42.3 Å². The van der Waals surface area contributed by atoms with Gasteiger partial charge in [0.1, 0.15) is 18.8 Å². The third kappa shape index (κ3) is 8.53. The summed E-state index contributed by atoms with van der Waals surface area (Å²) in [6.07, 6.45) is -0.491. The predicted octanol–water partition coefficient (Wildman–Crippen LogP) is 2.41. The summed E-state index contributed by atoms with van der Waals surface area (Å²) in [4.78, 5) is 15.3. The highest BCUT2D eigenvalue weighted by molar-refractivity contribution is 5.81. The van der Waals surface area contributed by atoms with E-state index in [1.165, 1.54) is 11.3 Å². The highest BCUT2D eigenvalue weighted by Gasteiger charge is 2.27. The Labute approximate surface area is 256 Å². The van der Waals surface area contributed by atoms with E-state index in [2.05, 4.69) is 86.7 Å². The van der Waals surface area contributed by atoms with E-state index < -0.39 is 12.2 Å². The Morgan fingerprint density at radius 3 is 2.02 bits per heavy atom. The number of halogens is 1. The fourth-order valence-corrected chi connectivity index (χ4v) is 5.01. The molecule has 0 bridgehead atoms. The molecule has 1 fully saturated rings. The molecule has 3 aromatic rings. The number of carbonyl (C=O) groups is 1. The number of hydrogen-bond donors (Lipinski definition) is 1. The summed E-state index contributed by atoms with van der Waals surface area (Å²) in [5.74, 6) is 0.0132. The number of amides is 1. The van der Waals surface area contributed by atoms with Gasteiger partial charge < -0.3 is 43.4 Å². The maximum atomic E-state index is 12.9. The second kappa shape index (κ2) is 14.6. The van der Waals surface area contributed by atoms with Crippen LogP contribution in [0, 0.1) is 17.2 Å². The molecular formula is C33H41IN4O2. The number of ether oxygens (including phenoxy) is 1. The molecule has 0 aliphatic carbocycles. The van der Waals surface area contributed by atoms with Gasteiger partial charge in [0.15, 0.2) is 0 Å². The first-order valence-electron chi connectivity index (χ1n) is 13.9. The number of hydrogen-bond acceptors (Lipinski definition) is 4. The van der Waals surface area contributed by atoms with Crippen molar-refractivity contribution in [2.45, 2.75) is 32.5 Å². The minimum atomic E-state index is -0.657. The minimum absolute atomic E-state index is 0. The molecule has 1 heterocycles. The molecule has 0 radical (unpaired) electrons. The number of rotatable bonds is 10. The number of nitrogens with one attached hydrogen (secondary N) is 1. The topological polar surface area (TPSA) is 65.4 Å². The molecule has 0 spiro atoms. The first kappa shape index (κ1) is 31.6. The lowest BCUT2D eigenvalue weighted by molar-refractivity contribution is -0.890. The molecule has 1 aliphatic heterocycles. The Hall–Kier alpha value is -2.93. The molecule has 1 saturated heterocycles. The second-order valence-corrected chi connectivity index (χ2v) is 11.5. The molecule has 3 aromatic carbocycles. The summed E-state index contributed by atoms with van der Waals surface area (Å²) in [7, 11) is 4.59. The summed E-state index contributed by atoms with van der Waals surface area (Å²) in [6, 6.07) is 29.2. The Kier molecular flexibility index (Phi) is 11.6. The van der Waals surface area contributed by atoms with E-state index in [1.807, 2.05) is 36.4 Å². The zero-order valence-electron chi connectivity index (χ0n) is 24.0. The van der Waals surface area contributed by atoms with E-state index in [1.54, 1.807) is 0 Å². The van der Waals surface area contributed by atoms with Gasteiger partial charge >= 0.3 is 0 Å². The lowest BCUT2D eigenvalue weighted by Crippen LogP contribution is -3.00. The van der Waals surface area contributed by atoms with Gasteiger partial charge in [0.05, 0.1) is 46.3 Å². The van der Waals surface area contributed by atoms with E-state index in [0.29, 0.717) is 6.42 Å². The molecule has 0 aromatic heterocycles. The SMILES string of the molecule is CC(C)C[C@H](OC(c1ccccc1)c1ccc(-c2ccc(N3CC[N+](C)(C)CC3)cc2)cc1)C(=O)NCC#N.[I-]. The van der Waals surface area contributed by atoms with E-state index in [0.717, 1.165) is 47.4 Å². The fraction of sp³-hybridized carbons (Fsp3) is 0.394. The van der Waals surface area contributed by atoms with E-state index in [4.69, 9.17) is 10.00 Å². The number of nitrogens with zero attached hydrogens (tertiary/aromatic N) is 3. The van der Waals surface area contributed by atoms with Crippen LogP contribution in [0.5, 0.6) is 0 Å². The molecule has 1 amide bonds. The Bertz CT molecular complexity index is 1240. The average molecular weight is 653 g/mol. The average Bonchev–Trinajstić information content (AvgIpc) is 2.94. The van der Waals surface area contributed by atoms with Gasteiger partial charge in [-0.3, -0.25) is 4.79 Å². The summed E-state index contributed by atoms with van der Waals surface area (Å²) < 4.78 is 7.59. The zero-order valence-corrected chi connectivity index (χ0v) is 26.2. The normalized spacial score (nSPS) is 15.9. The van der Waals surface area contributed by atoms with E-state index >= 15 is 0 Å². The summed E-state index contributed by atoms with van der Waals surface area (Å²) in [5, 5.41) is 11.6. The Morgan fingerprint density at radius 2 is 1.48 bits per heavy atom. The number of benzene rings is 3. The zero-order chi connectivity index (χ0) is 27.8. The van der Waals surface area contributed by atoms with Gasteiger partial charge in [0, 0.05) is 5.69 Å². The molecular weight excluding hydrogens is 611 g/mol. The summed E-state index contributed by atoms with van der Waals surface area (Å²) in [6.45, 7) is 8.57. The van der Waals surface area contributed by atoms with Gasteiger partial charge in [-0.25, -0.2) is 0 Å². The van der Waals surface area contributed by atoms with Crippen molar-refractivity contribution in [3.8, 4) is 17.2 Å². The van der Waals surface area contributed by atoms with Gasteiger partial charge in [-0.1, -0.05) is 80.6 Å². The molecule has 1 N–H and O–H groups in total. The van der Waals surface area contributed by atoms with Gasteiger partial charge in [-0.05, 0) is 46.7 Å². The highest BCUT2D eigenvalue weighted by atomic mass is 127. The molecule has 1 unspecified atom stereocenters. The Balaban J connectivity index is 0.00000441. The second-order valence-electron chi connectivity index (χ2n) is 11.5. The van der Waals surface area contributed by atoms with Gasteiger partial charge in [0.25, 0.3) is 0 Å². The number of likely N-dealkylation sites (N-methyl/N-ethyl adjacent to an activating group) is 1. The van der Waals surface area contributed by atoms with Crippen LogP contribution in [0.4, 0.5) is 5.69 Å². The standard InChI is InChI=1S/C33H40N4O2.HI/c1-25(2)24-31(33(38)35-19-18-34)39-32(28-8-6-5-7-9-28)29-12-10-26(11-13-29)27-14-16-30(17-15-27)36-20-22-37(3,4)23-21-36;/h5-17,25,31-32H,19-24H2,1-4H3;1H/t31-,32?;/m0./s1. The third-order valence-corrected chi connectivity index (χ3v) is 7.45. The number of carbonyl (C=O) groups excluding carboxylic acids is 1. The quantitative estimate of drug-likeness (QED) is 0.208. The lowest BCUT2D eigenvalue weighted by Gasteiger charge is -2.40. The monoisotopic (exact) mass is 652 g/mol. The highest BCUT2D eigenvalue weighted by Crippen LogP contribution is 2.31. The van der Waals surface area contributed by atoms with Crippen molar-refractivity contribution >= 4 is 11.6 Å². The van der Waals surface area contributed by atoms with Crippen LogP contribution in [-0.2, 0) is 9.53 Å². The van der Waals surface area contributed by atoms with Crippen molar-refractivity contribution in [2.75, 3.05) is 51.7 Å². The fourth-order valence-electron chi connectivity index (χ4n) is 5.01. The number of anilines is 1. The van der Waals surface area contributed by atoms with E-state index in [9.17, 15) is 4.79 Å². The number of piperazine rings is 1. The van der Waals surface area contributed by atoms with Gasteiger partial charge in [0.2, 0.25) is 5.91 Å². The number of quaternary nitrogens is 1. The minimum Gasteiger partial charge on any atom is -1.00 e. The summed E-state index contributed by atoms with van der Waals surface area (Å²) >= 11 is 0. The molecule has 7 heteroatoms. The third-order valence-electron chi connectivity index (χ3n) is 7.45. The van der Waals surface area contributed by atoms with Crippen molar-refractivity contribution in [3.63, 3.8) is 0 Å². The van der Waals surface area contributed by atoms with Crippen LogP contribution in [0.2, 0.25) is 0 Å². The molecule has 212 valence electrons. The first-order valence-corrected chi connectivity index (χ1v) is 13.9. The van der Waals surface area contributed by atoms with Crippen LogP contribution in [0.15, 0.2) is 78.9 Å². The molecule has 2 atom stereocenters. The first-order chi connectivity index (χ1) is 18.8. The van der Waals surface area contributed by atoms with Gasteiger partial charge in [-0.15, -0.1) is 0 Å². The maximum absolute atomic E-state index is 12.9. The van der Waals surface area contributed by atoms with Crippen LogP contribution in [0.3, 0.4) is 0 Å². The van der Waals surface area contributed by atoms with Crippen LogP contribution >= 0.6 is 0 Å². The van der Waals surface area contributed by atoms with Crippen LogP contribution in [0.25, 0.3) is 11.1 Å². The predicted molar refractivity (Wildman–Crippen MR) is 157 cm³/mol. The molecule has 6 nitrogen and oxygen atoms in total. The van der Waals surface area contributed by atoms with Gasteiger partial charge in [-0.2, -0.15) is 5.26 Å². The number of nitriles is 1. The largest absolute Gasteiger partial charge is 1.00 e. The van der Waals surface area contributed by atoms with Crippen molar-refractivity contribution < 1.29 is 38.0 Å². The molecule has 40 heavy (non-hydrogen) atoms. The smallest absolute Gasteiger partial charge is 0.250 e. The molecule has 4 rings (SSSR count). The van der Waals surface area contributed by atoms with Crippen molar-refractivity contribution in [3.05, 3.63) is 90.0 Å². The maximum Gasteiger partial charge on any atom is 0.250 e. The molecule has 1 aliphatic rings. The van der Waals surface area contributed by atoms with Crippen molar-refractivity contribution in [1.82, 2.24) is 5.32 Å². The summed E-state index contributed by atoms with van der Waals surface area (Å²) in [5.41, 5.74) is 5.55.